The Morgan fingerprint density at radius 2 is 1.83 bits per heavy atom. The molecule has 0 aliphatic heterocycles. The van der Waals surface area contributed by atoms with Gasteiger partial charge in [-0.2, -0.15) is 0 Å². The van der Waals surface area contributed by atoms with Crippen LogP contribution in [0, 0.1) is 11.3 Å². The lowest BCUT2D eigenvalue weighted by Gasteiger charge is -2.29. The molecular formula is C15H30N2O. The maximum Gasteiger partial charge on any atom is 0.236 e. The molecule has 0 aromatic heterocycles. The maximum atomic E-state index is 11.6. The lowest BCUT2D eigenvalue weighted by Crippen LogP contribution is -2.38. The maximum absolute atomic E-state index is 11.6. The highest BCUT2D eigenvalue weighted by atomic mass is 16.2. The number of carbonyl (C=O) groups is 1. The predicted molar refractivity (Wildman–Crippen MR) is 76.5 cm³/mol. The summed E-state index contributed by atoms with van der Waals surface area (Å²) in [5.74, 6) is 1.00. The molecule has 1 rings (SSSR count). The number of likely N-dealkylation sites (N-methyl/N-ethyl adjacent to an activating group) is 1. The van der Waals surface area contributed by atoms with E-state index in [0.29, 0.717) is 18.0 Å². The summed E-state index contributed by atoms with van der Waals surface area (Å²) in [7, 11) is 3.62. The van der Waals surface area contributed by atoms with Crippen LogP contribution in [0.2, 0.25) is 0 Å². The van der Waals surface area contributed by atoms with E-state index >= 15 is 0 Å². The Kier molecular flexibility index (Phi) is 5.64. The molecule has 0 saturated heterocycles. The van der Waals surface area contributed by atoms with Crippen LogP contribution in [0.3, 0.4) is 0 Å². The van der Waals surface area contributed by atoms with E-state index < -0.39 is 0 Å². The molecule has 0 bridgehead atoms. The van der Waals surface area contributed by atoms with Gasteiger partial charge in [-0.1, -0.05) is 27.2 Å². The molecule has 2 atom stereocenters. The van der Waals surface area contributed by atoms with Crippen molar-refractivity contribution in [1.29, 1.82) is 0 Å². The van der Waals surface area contributed by atoms with Gasteiger partial charge in [0.1, 0.15) is 0 Å². The molecule has 1 saturated carbocycles. The average Bonchev–Trinajstić information content (AvgIpc) is 2.50. The highest BCUT2D eigenvalue weighted by Crippen LogP contribution is 2.36. The number of carbonyl (C=O) groups excluding carboxylic acids is 1. The van der Waals surface area contributed by atoms with Crippen molar-refractivity contribution in [3.05, 3.63) is 0 Å². The molecule has 0 aromatic carbocycles. The third-order valence-electron chi connectivity index (χ3n) is 4.23. The lowest BCUT2D eigenvalue weighted by atomic mass is 9.76. The number of hydrogen-bond donors (Lipinski definition) is 1. The largest absolute Gasteiger partial charge is 0.348 e. The van der Waals surface area contributed by atoms with Gasteiger partial charge in [0.25, 0.3) is 0 Å². The van der Waals surface area contributed by atoms with Crippen LogP contribution in [-0.4, -0.2) is 37.5 Å². The molecule has 0 heterocycles. The van der Waals surface area contributed by atoms with Gasteiger partial charge in [-0.3, -0.25) is 4.79 Å². The van der Waals surface area contributed by atoms with Crippen LogP contribution in [0.1, 0.15) is 52.9 Å². The van der Waals surface area contributed by atoms with Gasteiger partial charge in [0.05, 0.1) is 6.54 Å². The van der Waals surface area contributed by atoms with Crippen molar-refractivity contribution in [2.24, 2.45) is 11.3 Å². The van der Waals surface area contributed by atoms with Crippen LogP contribution in [0.15, 0.2) is 0 Å². The second-order valence-electron chi connectivity index (χ2n) is 6.94. The van der Waals surface area contributed by atoms with Gasteiger partial charge in [-0.25, -0.2) is 0 Å². The molecule has 1 aliphatic rings. The van der Waals surface area contributed by atoms with E-state index in [4.69, 9.17) is 0 Å². The van der Waals surface area contributed by atoms with Gasteiger partial charge in [-0.15, -0.1) is 0 Å². The van der Waals surface area contributed by atoms with Crippen LogP contribution < -0.4 is 5.32 Å². The van der Waals surface area contributed by atoms with Crippen molar-refractivity contribution >= 4 is 5.91 Å². The minimum Gasteiger partial charge on any atom is -0.348 e. The normalized spacial score (nSPS) is 25.6. The summed E-state index contributed by atoms with van der Waals surface area (Å²) >= 11 is 0. The molecule has 0 aromatic rings. The van der Waals surface area contributed by atoms with Gasteiger partial charge in [-0.05, 0) is 37.0 Å². The molecule has 3 heteroatoms. The molecule has 0 spiro atoms. The smallest absolute Gasteiger partial charge is 0.236 e. The molecular weight excluding hydrogens is 224 g/mol. The number of nitrogens with one attached hydrogen (secondary N) is 1. The third kappa shape index (κ3) is 4.97. The molecule has 1 amide bonds. The highest BCUT2D eigenvalue weighted by molar-refractivity contribution is 5.77. The molecule has 2 unspecified atom stereocenters. The van der Waals surface area contributed by atoms with Crippen LogP contribution in [0.25, 0.3) is 0 Å². The summed E-state index contributed by atoms with van der Waals surface area (Å²) < 4.78 is 0. The second-order valence-corrected chi connectivity index (χ2v) is 6.94. The first-order valence-electron chi connectivity index (χ1n) is 7.24. The molecule has 1 fully saturated rings. The summed E-state index contributed by atoms with van der Waals surface area (Å²) in [5, 5.41) is 3.42. The van der Waals surface area contributed by atoms with E-state index in [2.05, 4.69) is 26.1 Å². The van der Waals surface area contributed by atoms with Crippen LogP contribution in [0.4, 0.5) is 0 Å². The van der Waals surface area contributed by atoms with E-state index in [0.717, 1.165) is 5.92 Å². The minimum atomic E-state index is 0.173. The summed E-state index contributed by atoms with van der Waals surface area (Å²) in [6.45, 7) is 7.53. The summed E-state index contributed by atoms with van der Waals surface area (Å²) in [6, 6.07) is 0.529. The zero-order valence-corrected chi connectivity index (χ0v) is 12.8. The fourth-order valence-corrected chi connectivity index (χ4v) is 2.76. The second kappa shape index (κ2) is 6.55. The van der Waals surface area contributed by atoms with Crippen LogP contribution in [0.5, 0.6) is 0 Å². The van der Waals surface area contributed by atoms with Crippen LogP contribution in [-0.2, 0) is 4.79 Å². The van der Waals surface area contributed by atoms with Gasteiger partial charge < -0.3 is 10.2 Å². The molecule has 1 N–H and O–H groups in total. The molecule has 1 aliphatic carbocycles. The first-order valence-corrected chi connectivity index (χ1v) is 7.24. The van der Waals surface area contributed by atoms with Gasteiger partial charge in [0.2, 0.25) is 5.91 Å². The molecule has 0 radical (unpaired) electrons. The Bertz CT molecular complexity index is 268. The molecule has 106 valence electrons. The minimum absolute atomic E-state index is 0.173. The fourth-order valence-electron chi connectivity index (χ4n) is 2.76. The summed E-state index contributed by atoms with van der Waals surface area (Å²) in [4.78, 5) is 13.2. The van der Waals surface area contributed by atoms with Crippen molar-refractivity contribution in [3.8, 4) is 0 Å². The highest BCUT2D eigenvalue weighted by Gasteiger charge is 2.27. The van der Waals surface area contributed by atoms with E-state index in [1.54, 1.807) is 4.90 Å². The molecule has 3 nitrogen and oxygen atoms in total. The Labute approximate surface area is 112 Å². The third-order valence-corrected chi connectivity index (χ3v) is 4.23. The zero-order valence-electron chi connectivity index (χ0n) is 12.8. The Hall–Kier alpha value is -0.570. The van der Waals surface area contributed by atoms with E-state index in [1.807, 2.05) is 14.1 Å². The number of nitrogens with zero attached hydrogens (tertiary/aromatic N) is 1. The van der Waals surface area contributed by atoms with Gasteiger partial charge >= 0.3 is 0 Å². The summed E-state index contributed by atoms with van der Waals surface area (Å²) in [5.41, 5.74) is 0.425. The lowest BCUT2D eigenvalue weighted by molar-refractivity contribution is -0.127. The van der Waals surface area contributed by atoms with Gasteiger partial charge in [0.15, 0.2) is 0 Å². The van der Waals surface area contributed by atoms with Crippen molar-refractivity contribution in [2.45, 2.75) is 58.9 Å². The number of hydrogen-bond acceptors (Lipinski definition) is 2. The zero-order chi connectivity index (χ0) is 13.8. The van der Waals surface area contributed by atoms with E-state index in [1.165, 1.54) is 32.1 Å². The standard InChI is InChI=1S/C15H30N2O/c1-15(2,3)12-7-6-8-13(10-9-12)16-11-14(18)17(4)5/h12-13,16H,6-11H2,1-5H3. The first kappa shape index (κ1) is 15.5. The number of amides is 1. The van der Waals surface area contributed by atoms with Gasteiger partial charge in [0, 0.05) is 20.1 Å². The SMILES string of the molecule is CN(C)C(=O)CNC1CCCC(C(C)(C)C)CC1. The predicted octanol–water partition coefficient (Wildman–Crippen LogP) is 2.66. The quantitative estimate of drug-likeness (QED) is 0.785. The monoisotopic (exact) mass is 254 g/mol. The Morgan fingerprint density at radius 3 is 2.39 bits per heavy atom. The Balaban J connectivity index is 2.36. The van der Waals surface area contributed by atoms with Crippen molar-refractivity contribution in [3.63, 3.8) is 0 Å². The Morgan fingerprint density at radius 1 is 1.17 bits per heavy atom. The van der Waals surface area contributed by atoms with Crippen molar-refractivity contribution in [1.82, 2.24) is 10.2 Å². The van der Waals surface area contributed by atoms with Crippen molar-refractivity contribution in [2.75, 3.05) is 20.6 Å². The van der Waals surface area contributed by atoms with Crippen LogP contribution >= 0.6 is 0 Å². The van der Waals surface area contributed by atoms with Crippen molar-refractivity contribution < 1.29 is 4.79 Å². The average molecular weight is 254 g/mol. The van der Waals surface area contributed by atoms with E-state index in [9.17, 15) is 4.79 Å². The number of rotatable bonds is 3. The summed E-state index contributed by atoms with van der Waals surface area (Å²) in [6.07, 6.45) is 6.34. The fraction of sp³-hybridized carbons (Fsp3) is 0.933. The topological polar surface area (TPSA) is 32.3 Å². The first-order chi connectivity index (χ1) is 8.30. The molecule has 18 heavy (non-hydrogen) atoms. The van der Waals surface area contributed by atoms with E-state index in [-0.39, 0.29) is 5.91 Å².